The molecule has 74 valence electrons. The van der Waals surface area contributed by atoms with Crippen LogP contribution >= 0.6 is 15.9 Å². The number of carboxylic acids is 1. The summed E-state index contributed by atoms with van der Waals surface area (Å²) in [5.41, 5.74) is 1.34. The second-order valence-corrected chi connectivity index (χ2v) is 3.92. The number of hydrogen-bond acceptors (Lipinski definition) is 1. The van der Waals surface area contributed by atoms with Crippen molar-refractivity contribution in [3.8, 4) is 0 Å². The molecule has 0 saturated carbocycles. The highest BCUT2D eigenvalue weighted by Gasteiger charge is 2.09. The van der Waals surface area contributed by atoms with Crippen molar-refractivity contribution in [3.63, 3.8) is 0 Å². The molecule has 0 aliphatic heterocycles. The lowest BCUT2D eigenvalue weighted by atomic mass is 10.0. The van der Waals surface area contributed by atoms with Gasteiger partial charge in [0.05, 0.1) is 5.56 Å². The molecule has 14 heavy (non-hydrogen) atoms. The monoisotopic (exact) mass is 254 g/mol. The number of allylic oxidation sites excluding steroid dienone is 1. The molecule has 0 aliphatic rings. The Kier molecular flexibility index (Phi) is 3.47. The lowest BCUT2D eigenvalue weighted by Crippen LogP contribution is -1.98. The van der Waals surface area contributed by atoms with Gasteiger partial charge in [-0.05, 0) is 23.6 Å². The summed E-state index contributed by atoms with van der Waals surface area (Å²) < 4.78 is 0.810. The van der Waals surface area contributed by atoms with Crippen molar-refractivity contribution in [2.45, 2.75) is 12.8 Å². The van der Waals surface area contributed by atoms with Gasteiger partial charge < -0.3 is 5.11 Å². The van der Waals surface area contributed by atoms with Gasteiger partial charge in [-0.3, -0.25) is 0 Å². The summed E-state index contributed by atoms with van der Waals surface area (Å²) in [5.74, 6) is -0.698. The first kappa shape index (κ1) is 11.0. The van der Waals surface area contributed by atoms with Gasteiger partial charge in [0.2, 0.25) is 0 Å². The van der Waals surface area contributed by atoms with Crippen LogP contribution in [0, 0.1) is 0 Å². The van der Waals surface area contributed by atoms with Crippen molar-refractivity contribution in [2.75, 3.05) is 0 Å². The van der Waals surface area contributed by atoms with E-state index in [9.17, 15) is 4.79 Å². The average Bonchev–Trinajstić information content (AvgIpc) is 2.16. The Morgan fingerprint density at radius 1 is 1.64 bits per heavy atom. The minimum atomic E-state index is -0.913. The van der Waals surface area contributed by atoms with Crippen molar-refractivity contribution in [1.82, 2.24) is 0 Å². The fourth-order valence-corrected chi connectivity index (χ4v) is 1.90. The zero-order chi connectivity index (χ0) is 10.7. The molecule has 0 heterocycles. The maximum absolute atomic E-state index is 10.7. The van der Waals surface area contributed by atoms with Crippen molar-refractivity contribution < 1.29 is 9.90 Å². The molecule has 0 fully saturated rings. The van der Waals surface area contributed by atoms with E-state index in [4.69, 9.17) is 5.11 Å². The van der Waals surface area contributed by atoms with E-state index in [0.717, 1.165) is 10.0 Å². The van der Waals surface area contributed by atoms with Gasteiger partial charge in [-0.2, -0.15) is 0 Å². The van der Waals surface area contributed by atoms with Crippen molar-refractivity contribution in [3.05, 3.63) is 46.5 Å². The number of carbonyl (C=O) groups is 1. The fourth-order valence-electron chi connectivity index (χ4n) is 1.16. The second kappa shape index (κ2) is 4.42. The topological polar surface area (TPSA) is 37.3 Å². The molecule has 0 radical (unpaired) electrons. The van der Waals surface area contributed by atoms with E-state index in [2.05, 4.69) is 22.5 Å². The molecule has 0 amide bonds. The quantitative estimate of drug-likeness (QED) is 0.840. The minimum absolute atomic E-state index is 0.215. The van der Waals surface area contributed by atoms with E-state index >= 15 is 0 Å². The average molecular weight is 255 g/mol. The van der Waals surface area contributed by atoms with Crippen LogP contribution in [0.2, 0.25) is 0 Å². The van der Waals surface area contributed by atoms with Crippen LogP contribution in [-0.2, 0) is 0 Å². The third-order valence-corrected chi connectivity index (χ3v) is 2.78. The fraction of sp³-hybridized carbons (Fsp3) is 0.182. The van der Waals surface area contributed by atoms with Crippen LogP contribution in [0.25, 0.3) is 0 Å². The Bertz CT molecular complexity index is 372. The molecule has 2 nitrogen and oxygen atoms in total. The smallest absolute Gasteiger partial charge is 0.335 e. The van der Waals surface area contributed by atoms with Gasteiger partial charge in [-0.25, -0.2) is 4.79 Å². The first-order valence-electron chi connectivity index (χ1n) is 4.21. The van der Waals surface area contributed by atoms with Crippen LogP contribution in [0.5, 0.6) is 0 Å². The summed E-state index contributed by atoms with van der Waals surface area (Å²) in [5, 5.41) is 8.75. The molecule has 0 aliphatic carbocycles. The first-order valence-corrected chi connectivity index (χ1v) is 5.01. The zero-order valence-corrected chi connectivity index (χ0v) is 9.41. The molecule has 1 rings (SSSR count). The Balaban J connectivity index is 3.13. The van der Waals surface area contributed by atoms with Crippen LogP contribution in [0.3, 0.4) is 0 Å². The SMILES string of the molecule is C=CC(C)c1ccc(C(=O)O)cc1Br. The molecule has 0 saturated heterocycles. The minimum Gasteiger partial charge on any atom is -0.478 e. The molecule has 1 atom stereocenters. The van der Waals surface area contributed by atoms with Crippen LogP contribution in [0.15, 0.2) is 35.3 Å². The van der Waals surface area contributed by atoms with Crippen LogP contribution in [0.4, 0.5) is 0 Å². The number of rotatable bonds is 3. The molecule has 1 unspecified atom stereocenters. The van der Waals surface area contributed by atoms with E-state index in [-0.39, 0.29) is 11.5 Å². The molecule has 1 N–H and O–H groups in total. The Hall–Kier alpha value is -1.09. The Morgan fingerprint density at radius 3 is 2.71 bits per heavy atom. The highest BCUT2D eigenvalue weighted by atomic mass is 79.9. The highest BCUT2D eigenvalue weighted by Crippen LogP contribution is 2.26. The summed E-state index contributed by atoms with van der Waals surface area (Å²) in [6.07, 6.45) is 1.82. The van der Waals surface area contributed by atoms with E-state index < -0.39 is 5.97 Å². The normalized spacial score (nSPS) is 12.1. The Labute approximate surface area is 91.4 Å². The molecule has 3 heteroatoms. The van der Waals surface area contributed by atoms with Gasteiger partial charge >= 0.3 is 5.97 Å². The van der Waals surface area contributed by atoms with Gasteiger partial charge in [-0.15, -0.1) is 6.58 Å². The highest BCUT2D eigenvalue weighted by molar-refractivity contribution is 9.10. The standard InChI is InChI=1S/C11H11BrO2/c1-3-7(2)9-5-4-8(11(13)14)6-10(9)12/h3-7H,1H2,2H3,(H,13,14). The summed E-state index contributed by atoms with van der Waals surface area (Å²) in [6, 6.07) is 5.01. The lowest BCUT2D eigenvalue weighted by molar-refractivity contribution is 0.0697. The molecule has 0 aromatic heterocycles. The van der Waals surface area contributed by atoms with Gasteiger partial charge in [0, 0.05) is 4.47 Å². The van der Waals surface area contributed by atoms with E-state index in [1.165, 1.54) is 0 Å². The number of benzene rings is 1. The van der Waals surface area contributed by atoms with E-state index in [1.807, 2.05) is 13.0 Å². The maximum Gasteiger partial charge on any atom is 0.335 e. The van der Waals surface area contributed by atoms with Crippen LogP contribution in [0.1, 0.15) is 28.8 Å². The molecular weight excluding hydrogens is 244 g/mol. The predicted octanol–water partition coefficient (Wildman–Crippen LogP) is 3.44. The molecule has 1 aromatic rings. The zero-order valence-electron chi connectivity index (χ0n) is 7.83. The number of hydrogen-bond donors (Lipinski definition) is 1. The third-order valence-electron chi connectivity index (χ3n) is 2.09. The van der Waals surface area contributed by atoms with E-state index in [0.29, 0.717) is 0 Å². The molecule has 0 spiro atoms. The molecular formula is C11H11BrO2. The van der Waals surface area contributed by atoms with Gasteiger partial charge in [-0.1, -0.05) is 35.0 Å². The van der Waals surface area contributed by atoms with Gasteiger partial charge in [0.25, 0.3) is 0 Å². The van der Waals surface area contributed by atoms with Crippen LogP contribution in [-0.4, -0.2) is 11.1 Å². The van der Waals surface area contributed by atoms with Gasteiger partial charge in [0.15, 0.2) is 0 Å². The lowest BCUT2D eigenvalue weighted by Gasteiger charge is -2.09. The summed E-state index contributed by atoms with van der Waals surface area (Å²) in [7, 11) is 0. The van der Waals surface area contributed by atoms with Crippen molar-refractivity contribution >= 4 is 21.9 Å². The maximum atomic E-state index is 10.7. The Morgan fingerprint density at radius 2 is 2.29 bits per heavy atom. The molecule has 0 bridgehead atoms. The van der Waals surface area contributed by atoms with Gasteiger partial charge in [0.1, 0.15) is 0 Å². The number of carboxylic acid groups (broad SMARTS) is 1. The van der Waals surface area contributed by atoms with Crippen molar-refractivity contribution in [1.29, 1.82) is 0 Å². The third kappa shape index (κ3) is 2.23. The van der Waals surface area contributed by atoms with Crippen LogP contribution < -0.4 is 0 Å². The van der Waals surface area contributed by atoms with E-state index in [1.54, 1.807) is 18.2 Å². The second-order valence-electron chi connectivity index (χ2n) is 3.07. The predicted molar refractivity (Wildman–Crippen MR) is 59.7 cm³/mol. The summed E-state index contributed by atoms with van der Waals surface area (Å²) in [6.45, 7) is 5.71. The summed E-state index contributed by atoms with van der Waals surface area (Å²) >= 11 is 3.35. The van der Waals surface area contributed by atoms with Crippen molar-refractivity contribution in [2.24, 2.45) is 0 Å². The first-order chi connectivity index (χ1) is 6.56. The molecule has 1 aromatic carbocycles. The summed E-state index contributed by atoms with van der Waals surface area (Å²) in [4.78, 5) is 10.7. The largest absolute Gasteiger partial charge is 0.478 e. The number of halogens is 1. The number of aromatic carboxylic acids is 1.